The van der Waals surface area contributed by atoms with Crippen molar-refractivity contribution in [3.8, 4) is 6.07 Å². The number of rotatable bonds is 11. The van der Waals surface area contributed by atoms with Gasteiger partial charge in [0.2, 0.25) is 0 Å². The Kier molecular flexibility index (Phi) is 10.2. The van der Waals surface area contributed by atoms with Gasteiger partial charge in [-0.05, 0) is 36.8 Å². The molecule has 1 rings (SSSR count). The molecule has 0 aromatic heterocycles. The smallest absolute Gasteiger partial charge is 0.267 e. The van der Waals surface area contributed by atoms with Crippen LogP contribution in [0.4, 0.5) is 5.69 Å². The number of nitrogens with zero attached hydrogens (tertiary/aromatic N) is 2. The van der Waals surface area contributed by atoms with Gasteiger partial charge in [-0.15, -0.1) is 0 Å². The molecule has 0 aliphatic carbocycles. The first kappa shape index (κ1) is 21.8. The van der Waals surface area contributed by atoms with Gasteiger partial charge in [-0.3, -0.25) is 4.79 Å². The molecule has 0 fully saturated rings. The minimum atomic E-state index is -0.318. The summed E-state index contributed by atoms with van der Waals surface area (Å²) in [5, 5.41) is 12.5. The average molecular weight is 356 g/mol. The number of carbonyl (C=O) groups is 1. The number of unbranched alkanes of at least 4 members (excludes halogenated alkanes) is 2. The maximum Gasteiger partial charge on any atom is 0.267 e. The quantitative estimate of drug-likeness (QED) is 0.446. The van der Waals surface area contributed by atoms with Crippen molar-refractivity contribution < 1.29 is 4.79 Å². The Labute approximate surface area is 158 Å². The van der Waals surface area contributed by atoms with Crippen LogP contribution in [0.1, 0.15) is 64.5 Å². The van der Waals surface area contributed by atoms with Crippen LogP contribution in [-0.2, 0) is 17.6 Å². The van der Waals surface area contributed by atoms with Gasteiger partial charge < -0.3 is 10.2 Å². The molecular formula is C22H33N3O. The summed E-state index contributed by atoms with van der Waals surface area (Å²) < 4.78 is 0. The van der Waals surface area contributed by atoms with E-state index in [4.69, 9.17) is 0 Å². The molecule has 0 unspecified atom stereocenters. The van der Waals surface area contributed by atoms with E-state index >= 15 is 0 Å². The van der Waals surface area contributed by atoms with E-state index in [9.17, 15) is 10.1 Å². The van der Waals surface area contributed by atoms with Crippen LogP contribution >= 0.6 is 0 Å². The summed E-state index contributed by atoms with van der Waals surface area (Å²) in [4.78, 5) is 14.8. The first-order valence-electron chi connectivity index (χ1n) is 9.89. The number of aryl methyl sites for hydroxylation is 2. The van der Waals surface area contributed by atoms with Crippen LogP contribution in [0.25, 0.3) is 0 Å². The first-order valence-corrected chi connectivity index (χ1v) is 9.89. The van der Waals surface area contributed by atoms with E-state index in [1.807, 2.05) is 18.2 Å². The van der Waals surface area contributed by atoms with Gasteiger partial charge in [-0.1, -0.05) is 58.7 Å². The molecule has 1 amide bonds. The highest BCUT2D eigenvalue weighted by Gasteiger charge is 2.15. The molecule has 0 spiro atoms. The zero-order valence-electron chi connectivity index (χ0n) is 16.8. The molecule has 0 heterocycles. The lowest BCUT2D eigenvalue weighted by molar-refractivity contribution is -0.112. The number of para-hydroxylation sites is 1. The molecule has 4 heteroatoms. The summed E-state index contributed by atoms with van der Waals surface area (Å²) in [5.41, 5.74) is 3.23. The SMILES string of the molecule is CCCCN(/C=C(/C#N)C(=O)Nc1c(CC)cccc1CC)CCCC. The van der Waals surface area contributed by atoms with Gasteiger partial charge >= 0.3 is 0 Å². The van der Waals surface area contributed by atoms with Crippen molar-refractivity contribution in [3.63, 3.8) is 0 Å². The van der Waals surface area contributed by atoms with Crippen molar-refractivity contribution in [2.45, 2.75) is 66.2 Å². The van der Waals surface area contributed by atoms with Crippen molar-refractivity contribution in [3.05, 3.63) is 41.1 Å². The van der Waals surface area contributed by atoms with E-state index in [1.165, 1.54) is 0 Å². The highest BCUT2D eigenvalue weighted by Crippen LogP contribution is 2.23. The van der Waals surface area contributed by atoms with Gasteiger partial charge in [0.05, 0.1) is 0 Å². The molecule has 1 N–H and O–H groups in total. The van der Waals surface area contributed by atoms with Crippen LogP contribution in [0.3, 0.4) is 0 Å². The van der Waals surface area contributed by atoms with Crippen LogP contribution in [0.5, 0.6) is 0 Å². The first-order chi connectivity index (χ1) is 12.6. The highest BCUT2D eigenvalue weighted by molar-refractivity contribution is 6.07. The van der Waals surface area contributed by atoms with E-state index in [-0.39, 0.29) is 11.5 Å². The van der Waals surface area contributed by atoms with Crippen molar-refractivity contribution in [2.24, 2.45) is 0 Å². The van der Waals surface area contributed by atoms with E-state index < -0.39 is 0 Å². The van der Waals surface area contributed by atoms with Gasteiger partial charge in [0.25, 0.3) is 5.91 Å². The molecule has 1 aromatic carbocycles. The molecule has 26 heavy (non-hydrogen) atoms. The Morgan fingerprint density at radius 2 is 1.62 bits per heavy atom. The third-order valence-electron chi connectivity index (χ3n) is 4.51. The molecule has 4 nitrogen and oxygen atoms in total. The Morgan fingerprint density at radius 1 is 1.08 bits per heavy atom. The van der Waals surface area contributed by atoms with E-state index in [0.29, 0.717) is 0 Å². The summed E-state index contributed by atoms with van der Waals surface area (Å²) in [5.74, 6) is -0.318. The number of hydrogen-bond acceptors (Lipinski definition) is 3. The monoisotopic (exact) mass is 355 g/mol. The van der Waals surface area contributed by atoms with Crippen LogP contribution in [0.15, 0.2) is 30.0 Å². The zero-order chi connectivity index (χ0) is 19.4. The fourth-order valence-electron chi connectivity index (χ4n) is 2.87. The number of anilines is 1. The minimum absolute atomic E-state index is 0.171. The predicted octanol–water partition coefficient (Wildman–Crippen LogP) is 5.06. The second-order valence-corrected chi connectivity index (χ2v) is 6.51. The number of benzene rings is 1. The second-order valence-electron chi connectivity index (χ2n) is 6.51. The Morgan fingerprint density at radius 3 is 2.04 bits per heavy atom. The molecule has 0 saturated carbocycles. The minimum Gasteiger partial charge on any atom is -0.376 e. The Balaban J connectivity index is 3.02. The van der Waals surface area contributed by atoms with Crippen molar-refractivity contribution in [2.75, 3.05) is 18.4 Å². The molecule has 0 radical (unpaired) electrons. The molecule has 0 atom stereocenters. The number of nitrogens with one attached hydrogen (secondary N) is 1. The summed E-state index contributed by atoms with van der Waals surface area (Å²) in [7, 11) is 0. The Bertz CT molecular complexity index is 613. The summed E-state index contributed by atoms with van der Waals surface area (Å²) in [6.07, 6.45) is 7.71. The largest absolute Gasteiger partial charge is 0.376 e. The lowest BCUT2D eigenvalue weighted by Gasteiger charge is -2.21. The van der Waals surface area contributed by atoms with Gasteiger partial charge in [0, 0.05) is 25.0 Å². The van der Waals surface area contributed by atoms with Gasteiger partial charge in [0.15, 0.2) is 0 Å². The number of amides is 1. The average Bonchev–Trinajstić information content (AvgIpc) is 2.67. The zero-order valence-corrected chi connectivity index (χ0v) is 16.8. The predicted molar refractivity (Wildman–Crippen MR) is 109 cm³/mol. The standard InChI is InChI=1S/C22H33N3O/c1-5-9-14-25(15-10-6-2)17-20(16-23)22(26)24-21-18(7-3)12-11-13-19(21)8-4/h11-13,17H,5-10,14-15H2,1-4H3,(H,24,26)/b20-17-. The molecule has 0 bridgehead atoms. The Hall–Kier alpha value is -2.28. The van der Waals surface area contributed by atoms with Crippen molar-refractivity contribution in [1.29, 1.82) is 5.26 Å². The van der Waals surface area contributed by atoms with Crippen LogP contribution in [0.2, 0.25) is 0 Å². The van der Waals surface area contributed by atoms with E-state index in [0.717, 1.165) is 68.4 Å². The van der Waals surface area contributed by atoms with E-state index in [1.54, 1.807) is 6.20 Å². The second kappa shape index (κ2) is 12.1. The van der Waals surface area contributed by atoms with Crippen molar-refractivity contribution >= 4 is 11.6 Å². The topological polar surface area (TPSA) is 56.1 Å². The summed E-state index contributed by atoms with van der Waals surface area (Å²) in [6.45, 7) is 10.2. The van der Waals surface area contributed by atoms with Crippen molar-refractivity contribution in [1.82, 2.24) is 4.90 Å². The lowest BCUT2D eigenvalue weighted by Crippen LogP contribution is -2.24. The third-order valence-corrected chi connectivity index (χ3v) is 4.51. The number of hydrogen-bond donors (Lipinski definition) is 1. The van der Waals surface area contributed by atoms with Crippen LogP contribution in [0, 0.1) is 11.3 Å². The molecule has 0 aliphatic rings. The van der Waals surface area contributed by atoms with E-state index in [2.05, 4.69) is 44.0 Å². The lowest BCUT2D eigenvalue weighted by atomic mass is 10.0. The van der Waals surface area contributed by atoms with Gasteiger partial charge in [-0.2, -0.15) is 5.26 Å². The van der Waals surface area contributed by atoms with Gasteiger partial charge in [-0.25, -0.2) is 0 Å². The maximum absolute atomic E-state index is 12.7. The maximum atomic E-state index is 12.7. The van der Waals surface area contributed by atoms with Gasteiger partial charge in [0.1, 0.15) is 11.6 Å². The fraction of sp³-hybridized carbons (Fsp3) is 0.545. The number of nitriles is 1. The highest BCUT2D eigenvalue weighted by atomic mass is 16.1. The molecule has 0 aliphatic heterocycles. The third kappa shape index (κ3) is 6.55. The summed E-state index contributed by atoms with van der Waals surface area (Å²) in [6, 6.07) is 8.16. The molecular weight excluding hydrogens is 322 g/mol. The molecule has 0 saturated heterocycles. The van der Waals surface area contributed by atoms with Crippen LogP contribution < -0.4 is 5.32 Å². The van der Waals surface area contributed by atoms with Crippen LogP contribution in [-0.4, -0.2) is 23.9 Å². The fourth-order valence-corrected chi connectivity index (χ4v) is 2.87. The number of carbonyl (C=O) groups excluding carboxylic acids is 1. The molecule has 1 aromatic rings. The molecule has 142 valence electrons. The normalized spacial score (nSPS) is 11.1. The summed E-state index contributed by atoms with van der Waals surface area (Å²) >= 11 is 0.